The Balaban J connectivity index is 1.49. The van der Waals surface area contributed by atoms with Crippen LogP contribution < -0.4 is 5.73 Å². The summed E-state index contributed by atoms with van der Waals surface area (Å²) >= 11 is 0. The zero-order chi connectivity index (χ0) is 14.7. The predicted octanol–water partition coefficient (Wildman–Crippen LogP) is 2.45. The molecular weight excluding hydrogens is 264 g/mol. The van der Waals surface area contributed by atoms with E-state index in [0.717, 1.165) is 45.3 Å². The van der Waals surface area contributed by atoms with E-state index in [1.807, 2.05) is 0 Å². The summed E-state index contributed by atoms with van der Waals surface area (Å²) in [6.45, 7) is 1.52. The Labute approximate surface area is 128 Å². The Morgan fingerprint density at radius 2 is 2.00 bits per heavy atom. The molecule has 0 bridgehead atoms. The van der Waals surface area contributed by atoms with Gasteiger partial charge in [0.05, 0.1) is 18.8 Å². The fourth-order valence-corrected chi connectivity index (χ4v) is 4.47. The van der Waals surface area contributed by atoms with Crippen LogP contribution in [0.4, 0.5) is 0 Å². The third-order valence-electron chi connectivity index (χ3n) is 5.64. The van der Waals surface area contributed by atoms with E-state index in [-0.39, 0.29) is 0 Å². The number of nitrogens with zero attached hydrogens (tertiary/aromatic N) is 1. The maximum atomic E-state index is 12.6. The molecule has 3 rings (SSSR count). The molecule has 1 heterocycles. The lowest BCUT2D eigenvalue weighted by molar-refractivity contribution is -0.149. The van der Waals surface area contributed by atoms with E-state index in [1.165, 1.54) is 25.7 Å². The van der Waals surface area contributed by atoms with Gasteiger partial charge >= 0.3 is 0 Å². The number of ether oxygens (including phenoxy) is 1. The first-order valence-electron chi connectivity index (χ1n) is 8.90. The molecule has 4 nitrogen and oxygen atoms in total. The average Bonchev–Trinajstić information content (AvgIpc) is 2.52. The zero-order valence-corrected chi connectivity index (χ0v) is 13.1. The van der Waals surface area contributed by atoms with Crippen molar-refractivity contribution < 1.29 is 9.53 Å². The lowest BCUT2D eigenvalue weighted by atomic mass is 9.83. The van der Waals surface area contributed by atoms with Gasteiger partial charge in [0.1, 0.15) is 0 Å². The number of carbonyl (C=O) groups is 1. The molecule has 2 saturated carbocycles. The van der Waals surface area contributed by atoms with Gasteiger partial charge in [-0.05, 0) is 38.0 Å². The summed E-state index contributed by atoms with van der Waals surface area (Å²) in [7, 11) is 0. The normalized spacial score (nSPS) is 37.1. The largest absolute Gasteiger partial charge is 0.374 e. The van der Waals surface area contributed by atoms with Crippen molar-refractivity contribution in [2.45, 2.75) is 82.4 Å². The Kier molecular flexibility index (Phi) is 5.17. The maximum absolute atomic E-state index is 12.6. The summed E-state index contributed by atoms with van der Waals surface area (Å²) < 4.78 is 5.86. The van der Waals surface area contributed by atoms with Gasteiger partial charge in [0.15, 0.2) is 0 Å². The Bertz CT molecular complexity index is 359. The van der Waals surface area contributed by atoms with Gasteiger partial charge in [0.2, 0.25) is 5.91 Å². The minimum absolute atomic E-state index is 0.305. The van der Waals surface area contributed by atoms with Gasteiger partial charge < -0.3 is 15.4 Å². The molecule has 0 aromatic carbocycles. The summed E-state index contributed by atoms with van der Waals surface area (Å²) in [5.41, 5.74) is 6.05. The topological polar surface area (TPSA) is 55.6 Å². The van der Waals surface area contributed by atoms with Gasteiger partial charge in [-0.15, -0.1) is 0 Å². The smallest absolute Gasteiger partial charge is 0.222 e. The van der Waals surface area contributed by atoms with Crippen molar-refractivity contribution in [3.63, 3.8) is 0 Å². The predicted molar refractivity (Wildman–Crippen MR) is 82.9 cm³/mol. The van der Waals surface area contributed by atoms with Gasteiger partial charge in [-0.2, -0.15) is 0 Å². The molecule has 2 aliphatic carbocycles. The molecule has 120 valence electrons. The fraction of sp³-hybridized carbons (Fsp3) is 0.941. The molecule has 0 aromatic heterocycles. The Morgan fingerprint density at radius 1 is 1.14 bits per heavy atom. The number of hydrogen-bond acceptors (Lipinski definition) is 3. The first-order chi connectivity index (χ1) is 10.2. The number of morpholine rings is 1. The monoisotopic (exact) mass is 294 g/mol. The number of fused-ring (bicyclic) bond motifs is 1. The summed E-state index contributed by atoms with van der Waals surface area (Å²) in [4.78, 5) is 14.8. The van der Waals surface area contributed by atoms with E-state index in [0.29, 0.717) is 36.4 Å². The van der Waals surface area contributed by atoms with Gasteiger partial charge in [-0.3, -0.25) is 4.79 Å². The SMILES string of the molecule is NC1CCCC(CCC(=O)N2CCOC3CCCCC32)C1. The lowest BCUT2D eigenvalue weighted by Crippen LogP contribution is -2.54. The van der Waals surface area contributed by atoms with Crippen LogP contribution in [0.15, 0.2) is 0 Å². The maximum Gasteiger partial charge on any atom is 0.222 e. The van der Waals surface area contributed by atoms with E-state index in [2.05, 4.69) is 4.90 Å². The van der Waals surface area contributed by atoms with E-state index in [4.69, 9.17) is 10.5 Å². The van der Waals surface area contributed by atoms with Crippen molar-refractivity contribution in [3.05, 3.63) is 0 Å². The fourth-order valence-electron chi connectivity index (χ4n) is 4.47. The number of nitrogens with two attached hydrogens (primary N) is 1. The van der Waals surface area contributed by atoms with Crippen LogP contribution >= 0.6 is 0 Å². The van der Waals surface area contributed by atoms with E-state index >= 15 is 0 Å². The number of rotatable bonds is 3. The van der Waals surface area contributed by atoms with Crippen LogP contribution in [0.2, 0.25) is 0 Å². The third kappa shape index (κ3) is 3.78. The molecule has 3 aliphatic rings. The molecule has 21 heavy (non-hydrogen) atoms. The average molecular weight is 294 g/mol. The summed E-state index contributed by atoms with van der Waals surface area (Å²) in [5, 5.41) is 0. The molecule has 0 radical (unpaired) electrons. The van der Waals surface area contributed by atoms with Gasteiger partial charge in [0, 0.05) is 19.0 Å². The van der Waals surface area contributed by atoms with Gasteiger partial charge in [-0.1, -0.05) is 25.7 Å². The van der Waals surface area contributed by atoms with Crippen molar-refractivity contribution in [2.75, 3.05) is 13.2 Å². The van der Waals surface area contributed by atoms with Crippen molar-refractivity contribution >= 4 is 5.91 Å². The molecular formula is C17H30N2O2. The van der Waals surface area contributed by atoms with Gasteiger partial charge in [0.25, 0.3) is 0 Å². The molecule has 4 heteroatoms. The van der Waals surface area contributed by atoms with Crippen molar-refractivity contribution in [2.24, 2.45) is 11.7 Å². The first-order valence-corrected chi connectivity index (χ1v) is 8.90. The van der Waals surface area contributed by atoms with Crippen molar-refractivity contribution in [1.82, 2.24) is 4.90 Å². The van der Waals surface area contributed by atoms with Crippen LogP contribution in [0.1, 0.15) is 64.2 Å². The third-order valence-corrected chi connectivity index (χ3v) is 5.64. The zero-order valence-electron chi connectivity index (χ0n) is 13.1. The lowest BCUT2D eigenvalue weighted by Gasteiger charge is -2.44. The second kappa shape index (κ2) is 7.10. The van der Waals surface area contributed by atoms with Crippen LogP contribution in [-0.4, -0.2) is 42.1 Å². The molecule has 1 saturated heterocycles. The molecule has 3 fully saturated rings. The van der Waals surface area contributed by atoms with Crippen LogP contribution in [0.25, 0.3) is 0 Å². The second-order valence-corrected chi connectivity index (χ2v) is 7.18. The van der Waals surface area contributed by atoms with Crippen LogP contribution in [0.3, 0.4) is 0 Å². The number of carbonyl (C=O) groups excluding carboxylic acids is 1. The standard InChI is InChI=1S/C17H30N2O2/c18-14-5-3-4-13(12-14)8-9-17(20)19-10-11-21-16-7-2-1-6-15(16)19/h13-16H,1-12,18H2. The number of hydrogen-bond donors (Lipinski definition) is 1. The molecule has 0 spiro atoms. The highest BCUT2D eigenvalue weighted by Gasteiger charge is 2.36. The molecule has 4 unspecified atom stereocenters. The van der Waals surface area contributed by atoms with E-state index < -0.39 is 0 Å². The number of amides is 1. The quantitative estimate of drug-likeness (QED) is 0.870. The summed E-state index contributed by atoms with van der Waals surface area (Å²) in [6, 6.07) is 0.721. The first kappa shape index (κ1) is 15.3. The Morgan fingerprint density at radius 3 is 2.86 bits per heavy atom. The van der Waals surface area contributed by atoms with E-state index in [9.17, 15) is 4.79 Å². The summed E-state index contributed by atoms with van der Waals surface area (Å²) in [6.07, 6.45) is 11.6. The van der Waals surface area contributed by atoms with Gasteiger partial charge in [-0.25, -0.2) is 0 Å². The highest BCUT2D eigenvalue weighted by molar-refractivity contribution is 5.76. The van der Waals surface area contributed by atoms with E-state index in [1.54, 1.807) is 0 Å². The van der Waals surface area contributed by atoms with Crippen LogP contribution in [0.5, 0.6) is 0 Å². The molecule has 0 aromatic rings. The highest BCUT2D eigenvalue weighted by atomic mass is 16.5. The minimum atomic E-state index is 0.305. The minimum Gasteiger partial charge on any atom is -0.374 e. The second-order valence-electron chi connectivity index (χ2n) is 7.18. The van der Waals surface area contributed by atoms with Crippen LogP contribution in [0, 0.1) is 5.92 Å². The molecule has 2 N–H and O–H groups in total. The van der Waals surface area contributed by atoms with Crippen molar-refractivity contribution in [1.29, 1.82) is 0 Å². The molecule has 1 amide bonds. The molecule has 1 aliphatic heterocycles. The van der Waals surface area contributed by atoms with Crippen LogP contribution in [-0.2, 0) is 9.53 Å². The van der Waals surface area contributed by atoms with Crippen molar-refractivity contribution in [3.8, 4) is 0 Å². The molecule has 4 atom stereocenters. The highest BCUT2D eigenvalue weighted by Crippen LogP contribution is 2.30. The summed E-state index contributed by atoms with van der Waals surface area (Å²) in [5.74, 6) is 1.02. The Hall–Kier alpha value is -0.610.